The van der Waals surface area contributed by atoms with Crippen LogP contribution >= 0.6 is 0 Å². The Labute approximate surface area is 96.0 Å². The summed E-state index contributed by atoms with van der Waals surface area (Å²) in [4.78, 5) is 13.6. The lowest BCUT2D eigenvalue weighted by Gasteiger charge is -2.37. The number of hydrogen-bond acceptors (Lipinski definition) is 1. The second-order valence-corrected chi connectivity index (χ2v) is 5.77. The van der Waals surface area contributed by atoms with Gasteiger partial charge < -0.3 is 4.90 Å². The van der Waals surface area contributed by atoms with Gasteiger partial charge in [-0.25, -0.2) is 8.78 Å². The van der Waals surface area contributed by atoms with E-state index in [2.05, 4.69) is 0 Å². The summed E-state index contributed by atoms with van der Waals surface area (Å²) >= 11 is 0. The number of alkyl halides is 2. The molecule has 0 bridgehead atoms. The molecule has 1 heterocycles. The van der Waals surface area contributed by atoms with E-state index >= 15 is 0 Å². The minimum Gasteiger partial charge on any atom is -0.342 e. The van der Waals surface area contributed by atoms with Crippen LogP contribution in [0.15, 0.2) is 0 Å². The van der Waals surface area contributed by atoms with E-state index in [0.29, 0.717) is 25.9 Å². The molecule has 1 rings (SSSR count). The standard InChI is InChI=1S/C12H21F2NO/c1-11(2,3)10(16)15-7-5-9(6-8-15)12(4,13)14/h9H,5-8H2,1-4H3. The van der Waals surface area contributed by atoms with E-state index in [1.165, 1.54) is 0 Å². The first-order valence-electron chi connectivity index (χ1n) is 5.79. The average molecular weight is 233 g/mol. The average Bonchev–Trinajstić information content (AvgIpc) is 2.14. The Morgan fingerprint density at radius 1 is 1.12 bits per heavy atom. The summed E-state index contributed by atoms with van der Waals surface area (Å²) in [7, 11) is 0. The Morgan fingerprint density at radius 3 is 1.88 bits per heavy atom. The highest BCUT2D eigenvalue weighted by molar-refractivity contribution is 5.81. The summed E-state index contributed by atoms with van der Waals surface area (Å²) in [5, 5.41) is 0. The molecule has 0 unspecified atom stereocenters. The molecule has 0 radical (unpaired) electrons. The Morgan fingerprint density at radius 2 is 1.56 bits per heavy atom. The molecule has 94 valence electrons. The van der Waals surface area contributed by atoms with Crippen LogP contribution < -0.4 is 0 Å². The fourth-order valence-electron chi connectivity index (χ4n) is 2.06. The molecule has 16 heavy (non-hydrogen) atoms. The van der Waals surface area contributed by atoms with Crippen molar-refractivity contribution in [2.45, 2.75) is 46.5 Å². The molecule has 0 saturated carbocycles. The van der Waals surface area contributed by atoms with Crippen molar-refractivity contribution in [2.75, 3.05) is 13.1 Å². The van der Waals surface area contributed by atoms with Crippen LogP contribution in [0, 0.1) is 11.3 Å². The zero-order valence-corrected chi connectivity index (χ0v) is 10.5. The van der Waals surface area contributed by atoms with E-state index in [-0.39, 0.29) is 5.91 Å². The van der Waals surface area contributed by atoms with Crippen molar-refractivity contribution in [3.8, 4) is 0 Å². The summed E-state index contributed by atoms with van der Waals surface area (Å²) in [5.74, 6) is -3.13. The van der Waals surface area contributed by atoms with Crippen molar-refractivity contribution in [1.29, 1.82) is 0 Å². The maximum Gasteiger partial charge on any atom is 0.248 e. The molecular weight excluding hydrogens is 212 g/mol. The van der Waals surface area contributed by atoms with Gasteiger partial charge in [0.05, 0.1) is 0 Å². The first-order valence-corrected chi connectivity index (χ1v) is 5.79. The number of nitrogens with zero attached hydrogens (tertiary/aromatic N) is 1. The second-order valence-electron chi connectivity index (χ2n) is 5.77. The minimum atomic E-state index is -2.61. The largest absolute Gasteiger partial charge is 0.342 e. The molecule has 0 aromatic carbocycles. The number of carbonyl (C=O) groups is 1. The fraction of sp³-hybridized carbons (Fsp3) is 0.917. The summed E-state index contributed by atoms with van der Waals surface area (Å²) in [5.41, 5.74) is -0.415. The Hall–Kier alpha value is -0.670. The molecule has 1 aliphatic heterocycles. The summed E-state index contributed by atoms with van der Waals surface area (Å²) in [6.07, 6.45) is 0.816. The van der Waals surface area contributed by atoms with Crippen molar-refractivity contribution in [1.82, 2.24) is 4.90 Å². The normalized spacial score (nSPS) is 20.0. The van der Waals surface area contributed by atoms with Crippen molar-refractivity contribution < 1.29 is 13.6 Å². The van der Waals surface area contributed by atoms with Crippen molar-refractivity contribution >= 4 is 5.91 Å². The van der Waals surface area contributed by atoms with Gasteiger partial charge >= 0.3 is 0 Å². The quantitative estimate of drug-likeness (QED) is 0.682. The highest BCUT2D eigenvalue weighted by Crippen LogP contribution is 2.33. The number of carbonyl (C=O) groups excluding carboxylic acids is 1. The molecule has 0 N–H and O–H groups in total. The lowest BCUT2D eigenvalue weighted by Crippen LogP contribution is -2.46. The molecule has 1 amide bonds. The van der Waals surface area contributed by atoms with Gasteiger partial charge in [0, 0.05) is 24.4 Å². The molecule has 0 spiro atoms. The molecule has 0 aromatic rings. The van der Waals surface area contributed by atoms with E-state index in [4.69, 9.17) is 0 Å². The Balaban J connectivity index is 2.53. The van der Waals surface area contributed by atoms with Gasteiger partial charge in [-0.15, -0.1) is 0 Å². The predicted molar refractivity (Wildman–Crippen MR) is 59.4 cm³/mol. The maximum absolute atomic E-state index is 13.1. The van der Waals surface area contributed by atoms with Gasteiger partial charge in [-0.2, -0.15) is 0 Å². The van der Waals surface area contributed by atoms with E-state index in [9.17, 15) is 13.6 Å². The first kappa shape index (κ1) is 13.4. The van der Waals surface area contributed by atoms with Gasteiger partial charge in [-0.3, -0.25) is 4.79 Å². The van der Waals surface area contributed by atoms with Crippen LogP contribution in [-0.4, -0.2) is 29.8 Å². The van der Waals surface area contributed by atoms with E-state index in [1.54, 1.807) is 4.90 Å². The molecule has 1 aliphatic rings. The van der Waals surface area contributed by atoms with Crippen LogP contribution in [0.1, 0.15) is 40.5 Å². The summed E-state index contributed by atoms with van der Waals surface area (Å²) in [6.45, 7) is 7.47. The third kappa shape index (κ3) is 3.16. The Bertz CT molecular complexity index is 257. The van der Waals surface area contributed by atoms with Gasteiger partial charge in [0.2, 0.25) is 11.8 Å². The van der Waals surface area contributed by atoms with Crippen LogP contribution in [0.25, 0.3) is 0 Å². The monoisotopic (exact) mass is 233 g/mol. The van der Waals surface area contributed by atoms with Crippen molar-refractivity contribution in [2.24, 2.45) is 11.3 Å². The van der Waals surface area contributed by atoms with Crippen LogP contribution in [0.3, 0.4) is 0 Å². The highest BCUT2D eigenvalue weighted by Gasteiger charge is 2.38. The lowest BCUT2D eigenvalue weighted by molar-refractivity contribution is -0.143. The van der Waals surface area contributed by atoms with Gasteiger partial charge in [-0.1, -0.05) is 20.8 Å². The number of amides is 1. The molecule has 0 aliphatic carbocycles. The maximum atomic E-state index is 13.1. The molecule has 1 saturated heterocycles. The Kier molecular flexibility index (Phi) is 3.60. The zero-order valence-electron chi connectivity index (χ0n) is 10.5. The van der Waals surface area contributed by atoms with Gasteiger partial charge in [0.25, 0.3) is 0 Å². The summed E-state index contributed by atoms with van der Waals surface area (Å²) in [6, 6.07) is 0. The third-order valence-corrected chi connectivity index (χ3v) is 3.14. The fourth-order valence-corrected chi connectivity index (χ4v) is 2.06. The van der Waals surface area contributed by atoms with Gasteiger partial charge in [0.15, 0.2) is 0 Å². The number of halogens is 2. The molecular formula is C12H21F2NO. The van der Waals surface area contributed by atoms with Crippen LogP contribution in [0.5, 0.6) is 0 Å². The predicted octanol–water partition coefficient (Wildman–Crippen LogP) is 2.93. The zero-order chi connectivity index (χ0) is 12.6. The van der Waals surface area contributed by atoms with Crippen molar-refractivity contribution in [3.63, 3.8) is 0 Å². The number of rotatable bonds is 1. The molecule has 2 nitrogen and oxygen atoms in total. The highest BCUT2D eigenvalue weighted by atomic mass is 19.3. The number of hydrogen-bond donors (Lipinski definition) is 0. The molecule has 0 aromatic heterocycles. The molecule has 4 heteroatoms. The van der Waals surface area contributed by atoms with E-state index in [1.807, 2.05) is 20.8 Å². The van der Waals surface area contributed by atoms with E-state index in [0.717, 1.165) is 6.92 Å². The van der Waals surface area contributed by atoms with Crippen molar-refractivity contribution in [3.05, 3.63) is 0 Å². The van der Waals surface area contributed by atoms with Crippen LogP contribution in [0.4, 0.5) is 8.78 Å². The minimum absolute atomic E-state index is 0.0605. The first-order chi connectivity index (χ1) is 7.12. The van der Waals surface area contributed by atoms with Crippen LogP contribution in [-0.2, 0) is 4.79 Å². The number of likely N-dealkylation sites (tertiary alicyclic amines) is 1. The third-order valence-electron chi connectivity index (χ3n) is 3.14. The van der Waals surface area contributed by atoms with Gasteiger partial charge in [-0.05, 0) is 19.8 Å². The molecule has 0 atom stereocenters. The van der Waals surface area contributed by atoms with Crippen LogP contribution in [0.2, 0.25) is 0 Å². The summed E-state index contributed by atoms with van der Waals surface area (Å²) < 4.78 is 26.1. The topological polar surface area (TPSA) is 20.3 Å². The number of piperidine rings is 1. The second kappa shape index (κ2) is 4.30. The smallest absolute Gasteiger partial charge is 0.248 e. The van der Waals surface area contributed by atoms with Gasteiger partial charge in [0.1, 0.15) is 0 Å². The SMILES string of the molecule is CC(C)(C)C(=O)N1CCC(C(C)(F)F)CC1. The molecule has 1 fully saturated rings. The van der Waals surface area contributed by atoms with E-state index < -0.39 is 17.3 Å². The lowest BCUT2D eigenvalue weighted by atomic mass is 9.88.